The summed E-state index contributed by atoms with van der Waals surface area (Å²) in [5, 5.41) is 3.13. The van der Waals surface area contributed by atoms with E-state index in [2.05, 4.69) is 5.32 Å². The molecule has 0 spiro atoms. The van der Waals surface area contributed by atoms with E-state index >= 15 is 0 Å². The van der Waals surface area contributed by atoms with Crippen LogP contribution >= 0.6 is 0 Å². The number of benzene rings is 2. The van der Waals surface area contributed by atoms with Gasteiger partial charge in [-0.2, -0.15) is 4.31 Å². The van der Waals surface area contributed by atoms with E-state index in [-0.39, 0.29) is 23.4 Å². The number of carbonyl (C=O) groups excluding carboxylic acids is 1. The topological polar surface area (TPSA) is 84.9 Å². The molecule has 33 heavy (non-hydrogen) atoms. The predicted octanol–water partition coefficient (Wildman–Crippen LogP) is 3.65. The van der Waals surface area contributed by atoms with Crippen LogP contribution in [0.5, 0.6) is 11.5 Å². The van der Waals surface area contributed by atoms with Crippen LogP contribution in [-0.4, -0.2) is 44.4 Å². The Kier molecular flexibility index (Phi) is 6.37. The molecule has 2 aromatic carbocycles. The average molecular weight is 477 g/mol. The molecule has 0 aromatic heterocycles. The molecule has 0 aliphatic carbocycles. The fourth-order valence-corrected chi connectivity index (χ4v) is 6.03. The Hall–Kier alpha value is -2.65. The van der Waals surface area contributed by atoms with Crippen molar-refractivity contribution in [2.75, 3.05) is 20.2 Å². The molecule has 4 rings (SSSR count). The lowest BCUT2D eigenvalue weighted by atomic mass is 9.88. The lowest BCUT2D eigenvalue weighted by Crippen LogP contribution is -2.48. The number of hydrogen-bond acceptors (Lipinski definition) is 5. The summed E-state index contributed by atoms with van der Waals surface area (Å²) in [5.74, 6) is 0.188. The Bertz CT molecular complexity index is 1130. The number of rotatable bonds is 5. The lowest BCUT2D eigenvalue weighted by Gasteiger charge is -2.39. The highest BCUT2D eigenvalue weighted by atomic mass is 32.2. The minimum absolute atomic E-state index is 0.0269. The Labute approximate surface area is 193 Å². The summed E-state index contributed by atoms with van der Waals surface area (Å²) in [6.45, 7) is 4.35. The maximum absolute atomic E-state index is 13.2. The van der Waals surface area contributed by atoms with Gasteiger partial charge in [0.25, 0.3) is 0 Å². The molecule has 2 aromatic rings. The zero-order chi connectivity index (χ0) is 23.8. The lowest BCUT2D eigenvalue weighted by molar-refractivity contribution is -0.127. The first kappa shape index (κ1) is 23.5. The van der Waals surface area contributed by atoms with Gasteiger partial charge in [0.05, 0.1) is 24.0 Å². The highest BCUT2D eigenvalue weighted by Crippen LogP contribution is 2.41. The van der Waals surface area contributed by atoms with Crippen molar-refractivity contribution < 1.29 is 27.1 Å². The monoisotopic (exact) mass is 476 g/mol. The molecule has 2 heterocycles. The van der Waals surface area contributed by atoms with Crippen molar-refractivity contribution in [3.63, 3.8) is 0 Å². The van der Waals surface area contributed by atoms with Gasteiger partial charge in [-0.25, -0.2) is 12.8 Å². The van der Waals surface area contributed by atoms with Crippen molar-refractivity contribution in [1.82, 2.24) is 9.62 Å². The largest absolute Gasteiger partial charge is 0.497 e. The van der Waals surface area contributed by atoms with E-state index in [0.29, 0.717) is 37.3 Å². The summed E-state index contributed by atoms with van der Waals surface area (Å²) >= 11 is 0. The maximum atomic E-state index is 13.2. The first-order valence-electron chi connectivity index (χ1n) is 11.0. The molecule has 2 aliphatic heterocycles. The van der Waals surface area contributed by atoms with Gasteiger partial charge in [-0.05, 0) is 63.1 Å². The average Bonchev–Trinajstić information content (AvgIpc) is 2.78. The number of piperidine rings is 1. The van der Waals surface area contributed by atoms with E-state index in [1.807, 2.05) is 32.0 Å². The SMILES string of the molecule is COc1ccc2c(c1)OC(C)(C)C[C@@H]2NC(=O)[C@H]1CCCN(S(=O)(=O)c2ccc(F)cc2)C1. The first-order chi connectivity index (χ1) is 15.6. The van der Waals surface area contributed by atoms with Gasteiger partial charge < -0.3 is 14.8 Å². The summed E-state index contributed by atoms with van der Waals surface area (Å²) in [5.41, 5.74) is 0.386. The predicted molar refractivity (Wildman–Crippen MR) is 121 cm³/mol. The van der Waals surface area contributed by atoms with Crippen molar-refractivity contribution >= 4 is 15.9 Å². The van der Waals surface area contributed by atoms with Crippen molar-refractivity contribution in [2.45, 2.75) is 49.6 Å². The van der Waals surface area contributed by atoms with Crippen LogP contribution in [0.4, 0.5) is 4.39 Å². The third-order valence-electron chi connectivity index (χ3n) is 6.20. The maximum Gasteiger partial charge on any atom is 0.243 e. The van der Waals surface area contributed by atoms with Crippen LogP contribution in [-0.2, 0) is 14.8 Å². The van der Waals surface area contributed by atoms with Crippen LogP contribution in [0.25, 0.3) is 0 Å². The molecule has 0 bridgehead atoms. The molecule has 9 heteroatoms. The van der Waals surface area contributed by atoms with E-state index < -0.39 is 27.4 Å². The number of fused-ring (bicyclic) bond motifs is 1. The molecule has 1 saturated heterocycles. The molecular formula is C24H29FN2O5S. The molecular weight excluding hydrogens is 447 g/mol. The minimum atomic E-state index is -3.80. The van der Waals surface area contributed by atoms with E-state index in [1.54, 1.807) is 7.11 Å². The Morgan fingerprint density at radius 1 is 1.21 bits per heavy atom. The van der Waals surface area contributed by atoms with Gasteiger partial charge in [0, 0.05) is 31.1 Å². The van der Waals surface area contributed by atoms with Crippen LogP contribution in [0.1, 0.15) is 44.7 Å². The van der Waals surface area contributed by atoms with Crippen molar-refractivity contribution in [3.05, 3.63) is 53.8 Å². The number of carbonyl (C=O) groups is 1. The summed E-state index contributed by atoms with van der Waals surface area (Å²) in [4.78, 5) is 13.2. The second kappa shape index (κ2) is 8.95. The normalized spacial score (nSPS) is 22.7. The van der Waals surface area contributed by atoms with E-state index in [4.69, 9.17) is 9.47 Å². The van der Waals surface area contributed by atoms with Gasteiger partial charge in [-0.1, -0.05) is 0 Å². The van der Waals surface area contributed by atoms with Crippen LogP contribution < -0.4 is 14.8 Å². The zero-order valence-corrected chi connectivity index (χ0v) is 19.8. The molecule has 0 saturated carbocycles. The number of methoxy groups -OCH3 is 1. The summed E-state index contributed by atoms with van der Waals surface area (Å²) in [6.07, 6.45) is 1.76. The Morgan fingerprint density at radius 3 is 2.64 bits per heavy atom. The van der Waals surface area contributed by atoms with E-state index in [0.717, 1.165) is 17.7 Å². The molecule has 1 amide bonds. The van der Waals surface area contributed by atoms with Gasteiger partial charge in [0.2, 0.25) is 15.9 Å². The molecule has 0 radical (unpaired) electrons. The van der Waals surface area contributed by atoms with Crippen molar-refractivity contribution in [1.29, 1.82) is 0 Å². The quantitative estimate of drug-likeness (QED) is 0.712. The molecule has 2 atom stereocenters. The van der Waals surface area contributed by atoms with Crippen LogP contribution in [0.3, 0.4) is 0 Å². The number of nitrogens with one attached hydrogen (secondary N) is 1. The van der Waals surface area contributed by atoms with E-state index in [9.17, 15) is 17.6 Å². The molecule has 1 N–H and O–H groups in total. The number of ether oxygens (including phenoxy) is 2. The Morgan fingerprint density at radius 2 is 1.94 bits per heavy atom. The highest BCUT2D eigenvalue weighted by molar-refractivity contribution is 7.89. The van der Waals surface area contributed by atoms with Gasteiger partial charge in [-0.3, -0.25) is 4.79 Å². The second-order valence-corrected chi connectivity index (χ2v) is 11.1. The molecule has 2 aliphatic rings. The first-order valence-corrected chi connectivity index (χ1v) is 12.5. The van der Waals surface area contributed by atoms with Crippen LogP contribution in [0.2, 0.25) is 0 Å². The fraction of sp³-hybridized carbons (Fsp3) is 0.458. The van der Waals surface area contributed by atoms with Gasteiger partial charge in [-0.15, -0.1) is 0 Å². The summed E-state index contributed by atoms with van der Waals surface area (Å²) in [7, 11) is -2.21. The smallest absolute Gasteiger partial charge is 0.243 e. The second-order valence-electron chi connectivity index (χ2n) is 9.19. The number of halogens is 1. The zero-order valence-electron chi connectivity index (χ0n) is 19.0. The molecule has 178 valence electrons. The number of nitrogens with zero attached hydrogens (tertiary/aromatic N) is 1. The molecule has 0 unspecified atom stereocenters. The number of hydrogen-bond donors (Lipinski definition) is 1. The third-order valence-corrected chi connectivity index (χ3v) is 8.08. The highest BCUT2D eigenvalue weighted by Gasteiger charge is 2.38. The number of sulfonamides is 1. The van der Waals surface area contributed by atoms with E-state index in [1.165, 1.54) is 16.4 Å². The van der Waals surface area contributed by atoms with Gasteiger partial charge in [0.15, 0.2) is 0 Å². The van der Waals surface area contributed by atoms with Gasteiger partial charge in [0.1, 0.15) is 22.9 Å². The number of amides is 1. The van der Waals surface area contributed by atoms with Crippen LogP contribution in [0, 0.1) is 11.7 Å². The standard InChI is InChI=1S/C24H29FN2O5S/c1-24(2)14-21(20-11-8-18(31-3)13-22(20)32-24)26-23(28)16-5-4-12-27(15-16)33(29,30)19-9-6-17(25)7-10-19/h6-11,13,16,21H,4-5,12,14-15H2,1-3H3,(H,26,28)/t16-,21-/m0/s1. The van der Waals surface area contributed by atoms with Crippen LogP contribution in [0.15, 0.2) is 47.4 Å². The summed E-state index contributed by atoms with van der Waals surface area (Å²) < 4.78 is 52.0. The van der Waals surface area contributed by atoms with Crippen molar-refractivity contribution in [3.8, 4) is 11.5 Å². The third kappa shape index (κ3) is 4.99. The van der Waals surface area contributed by atoms with Crippen molar-refractivity contribution in [2.24, 2.45) is 5.92 Å². The molecule has 7 nitrogen and oxygen atoms in total. The minimum Gasteiger partial charge on any atom is -0.497 e. The molecule has 1 fully saturated rings. The Balaban J connectivity index is 1.50. The van der Waals surface area contributed by atoms with Gasteiger partial charge >= 0.3 is 0 Å². The fourth-order valence-electron chi connectivity index (χ4n) is 4.51. The summed E-state index contributed by atoms with van der Waals surface area (Å²) in [6, 6.07) is 10.0.